The van der Waals surface area contributed by atoms with Crippen molar-refractivity contribution in [1.82, 2.24) is 9.88 Å². The molecule has 0 radical (unpaired) electrons. The summed E-state index contributed by atoms with van der Waals surface area (Å²) in [5.74, 6) is 0.526. The van der Waals surface area contributed by atoms with Gasteiger partial charge in [0, 0.05) is 35.7 Å². The fourth-order valence-electron chi connectivity index (χ4n) is 3.54. The van der Waals surface area contributed by atoms with E-state index < -0.39 is 0 Å². The number of aromatic amines is 1. The molecule has 2 aromatic rings. The molecule has 1 aromatic heterocycles. The van der Waals surface area contributed by atoms with Crippen LogP contribution in [0.2, 0.25) is 0 Å². The van der Waals surface area contributed by atoms with Gasteiger partial charge < -0.3 is 15.6 Å². The van der Waals surface area contributed by atoms with Crippen LogP contribution in [-0.2, 0) is 6.54 Å². The van der Waals surface area contributed by atoms with Crippen molar-refractivity contribution < 1.29 is 4.39 Å². The molecule has 4 heteroatoms. The molecule has 114 valence electrons. The summed E-state index contributed by atoms with van der Waals surface area (Å²) in [6.07, 6.45) is 4.86. The van der Waals surface area contributed by atoms with E-state index in [0.717, 1.165) is 36.1 Å². The highest BCUT2D eigenvalue weighted by atomic mass is 19.1. The molecule has 1 heterocycles. The van der Waals surface area contributed by atoms with Crippen LogP contribution < -0.4 is 5.73 Å². The van der Waals surface area contributed by atoms with Crippen molar-refractivity contribution in [2.45, 2.75) is 38.3 Å². The minimum Gasteiger partial charge on any atom is -0.357 e. The van der Waals surface area contributed by atoms with Crippen molar-refractivity contribution in [2.75, 3.05) is 13.6 Å². The molecular weight excluding hydrogens is 265 g/mol. The number of rotatable bonds is 4. The van der Waals surface area contributed by atoms with Crippen LogP contribution in [0, 0.1) is 11.7 Å². The molecule has 0 amide bonds. The molecule has 0 aliphatic heterocycles. The van der Waals surface area contributed by atoms with Crippen LogP contribution in [0.1, 0.15) is 31.4 Å². The molecule has 1 aliphatic rings. The molecule has 3 N–H and O–H groups in total. The number of H-pyrrole nitrogens is 1. The minimum atomic E-state index is -0.183. The smallest absolute Gasteiger partial charge is 0.123 e. The zero-order valence-electron chi connectivity index (χ0n) is 12.6. The maximum atomic E-state index is 13.2. The molecule has 3 rings (SSSR count). The molecule has 2 atom stereocenters. The second kappa shape index (κ2) is 6.16. The average Bonchev–Trinajstić information content (AvgIpc) is 2.79. The Morgan fingerprint density at radius 2 is 2.19 bits per heavy atom. The Kier molecular flexibility index (Phi) is 4.27. The van der Waals surface area contributed by atoms with E-state index in [1.54, 1.807) is 12.1 Å². The number of fused-ring (bicyclic) bond motifs is 1. The second-order valence-corrected chi connectivity index (χ2v) is 6.52. The van der Waals surface area contributed by atoms with Gasteiger partial charge in [-0.2, -0.15) is 0 Å². The predicted molar refractivity (Wildman–Crippen MR) is 84.5 cm³/mol. The Morgan fingerprint density at radius 1 is 1.33 bits per heavy atom. The zero-order chi connectivity index (χ0) is 14.8. The van der Waals surface area contributed by atoms with E-state index in [1.165, 1.54) is 25.3 Å². The molecule has 1 fully saturated rings. The zero-order valence-corrected chi connectivity index (χ0v) is 12.6. The van der Waals surface area contributed by atoms with Gasteiger partial charge in [0.05, 0.1) is 0 Å². The summed E-state index contributed by atoms with van der Waals surface area (Å²) in [6, 6.07) is 7.30. The number of nitrogens with two attached hydrogens (primary N) is 1. The lowest BCUT2D eigenvalue weighted by molar-refractivity contribution is 0.215. The minimum absolute atomic E-state index is 0.183. The summed E-state index contributed by atoms with van der Waals surface area (Å²) in [5, 5.41) is 0.943. The van der Waals surface area contributed by atoms with Gasteiger partial charge in [0.25, 0.3) is 0 Å². The van der Waals surface area contributed by atoms with Crippen LogP contribution in [0.25, 0.3) is 10.9 Å². The lowest BCUT2D eigenvalue weighted by Crippen LogP contribution is -2.34. The van der Waals surface area contributed by atoms with Crippen molar-refractivity contribution in [1.29, 1.82) is 0 Å². The largest absolute Gasteiger partial charge is 0.357 e. The predicted octanol–water partition coefficient (Wildman–Crippen LogP) is 3.26. The van der Waals surface area contributed by atoms with Crippen LogP contribution in [-0.4, -0.2) is 29.5 Å². The molecule has 0 bridgehead atoms. The van der Waals surface area contributed by atoms with Crippen LogP contribution in [0.4, 0.5) is 4.39 Å². The highest BCUT2D eigenvalue weighted by molar-refractivity contribution is 5.80. The molecule has 0 spiro atoms. The first-order chi connectivity index (χ1) is 10.1. The van der Waals surface area contributed by atoms with Gasteiger partial charge in [0.1, 0.15) is 5.82 Å². The van der Waals surface area contributed by atoms with E-state index in [9.17, 15) is 4.39 Å². The number of hydrogen-bond donors (Lipinski definition) is 2. The van der Waals surface area contributed by atoms with Crippen molar-refractivity contribution in [3.63, 3.8) is 0 Å². The maximum Gasteiger partial charge on any atom is 0.123 e. The topological polar surface area (TPSA) is 45.0 Å². The lowest BCUT2D eigenvalue weighted by Gasteiger charge is -2.30. The fourth-order valence-corrected chi connectivity index (χ4v) is 3.54. The first-order valence-corrected chi connectivity index (χ1v) is 7.81. The van der Waals surface area contributed by atoms with Gasteiger partial charge in [0.15, 0.2) is 0 Å². The Hall–Kier alpha value is -1.39. The molecule has 3 nitrogen and oxygen atoms in total. The summed E-state index contributed by atoms with van der Waals surface area (Å²) in [4.78, 5) is 5.70. The Labute approximate surface area is 125 Å². The van der Waals surface area contributed by atoms with Crippen LogP contribution in [0.5, 0.6) is 0 Å². The quantitative estimate of drug-likeness (QED) is 0.907. The van der Waals surface area contributed by atoms with Crippen molar-refractivity contribution in [3.8, 4) is 0 Å². The first kappa shape index (κ1) is 14.5. The van der Waals surface area contributed by atoms with Gasteiger partial charge >= 0.3 is 0 Å². The Bertz CT molecular complexity index is 607. The summed E-state index contributed by atoms with van der Waals surface area (Å²) in [7, 11) is 2.15. The molecule has 1 saturated carbocycles. The van der Waals surface area contributed by atoms with Gasteiger partial charge in [-0.1, -0.05) is 6.42 Å². The summed E-state index contributed by atoms with van der Waals surface area (Å²) >= 11 is 0. The number of nitrogens with one attached hydrogen (secondary N) is 1. The molecule has 1 aliphatic carbocycles. The maximum absolute atomic E-state index is 13.2. The second-order valence-electron chi connectivity index (χ2n) is 6.52. The number of aromatic nitrogens is 1. The highest BCUT2D eigenvalue weighted by Crippen LogP contribution is 2.24. The third-order valence-corrected chi connectivity index (χ3v) is 4.47. The number of nitrogens with zero attached hydrogens (tertiary/aromatic N) is 1. The van der Waals surface area contributed by atoms with Gasteiger partial charge in [-0.25, -0.2) is 4.39 Å². The van der Waals surface area contributed by atoms with Crippen molar-refractivity contribution in [3.05, 3.63) is 35.8 Å². The van der Waals surface area contributed by atoms with E-state index >= 15 is 0 Å². The Balaban J connectivity index is 1.61. The average molecular weight is 289 g/mol. The summed E-state index contributed by atoms with van der Waals surface area (Å²) in [5.41, 5.74) is 8.20. The van der Waals surface area contributed by atoms with E-state index in [1.807, 2.05) is 6.07 Å². The normalized spacial score (nSPS) is 23.0. The molecule has 21 heavy (non-hydrogen) atoms. The van der Waals surface area contributed by atoms with E-state index in [4.69, 9.17) is 5.73 Å². The van der Waals surface area contributed by atoms with Crippen LogP contribution in [0.15, 0.2) is 24.3 Å². The van der Waals surface area contributed by atoms with Crippen molar-refractivity contribution >= 4 is 10.9 Å². The van der Waals surface area contributed by atoms with E-state index in [0.29, 0.717) is 12.0 Å². The number of benzene rings is 1. The first-order valence-electron chi connectivity index (χ1n) is 7.81. The third-order valence-electron chi connectivity index (χ3n) is 4.47. The van der Waals surface area contributed by atoms with Gasteiger partial charge in [-0.15, -0.1) is 0 Å². The van der Waals surface area contributed by atoms with E-state index in [2.05, 4.69) is 16.9 Å². The number of hydrogen-bond acceptors (Lipinski definition) is 2. The fraction of sp³-hybridized carbons (Fsp3) is 0.529. The molecule has 0 saturated heterocycles. The number of halogens is 1. The van der Waals surface area contributed by atoms with Crippen LogP contribution in [0.3, 0.4) is 0 Å². The standard InChI is InChI=1S/C17H24FN3/c1-21(10-12-3-2-4-15(19)7-12)11-16-9-13-8-14(18)5-6-17(13)20-16/h5-6,8-9,12,15,20H,2-4,7,10-11,19H2,1H3/t12-,15+/m1/s1. The third kappa shape index (κ3) is 3.63. The van der Waals surface area contributed by atoms with Crippen molar-refractivity contribution in [2.24, 2.45) is 11.7 Å². The van der Waals surface area contributed by atoms with Crippen LogP contribution >= 0.6 is 0 Å². The monoisotopic (exact) mass is 289 g/mol. The van der Waals surface area contributed by atoms with Gasteiger partial charge in [-0.3, -0.25) is 0 Å². The van der Waals surface area contributed by atoms with Gasteiger partial charge in [0.2, 0.25) is 0 Å². The summed E-state index contributed by atoms with van der Waals surface area (Å²) in [6.45, 7) is 1.94. The molecular formula is C17H24FN3. The highest BCUT2D eigenvalue weighted by Gasteiger charge is 2.20. The molecule has 0 unspecified atom stereocenters. The SMILES string of the molecule is CN(Cc1cc2cc(F)ccc2[nH]1)C[C@@H]1CCC[C@H](N)C1. The summed E-state index contributed by atoms with van der Waals surface area (Å²) < 4.78 is 13.2. The Morgan fingerprint density at radius 3 is 3.00 bits per heavy atom. The molecule has 1 aromatic carbocycles. The van der Waals surface area contributed by atoms with E-state index in [-0.39, 0.29) is 5.82 Å². The lowest BCUT2D eigenvalue weighted by atomic mass is 9.86. The van der Waals surface area contributed by atoms with Gasteiger partial charge in [-0.05, 0) is 56.5 Å².